The van der Waals surface area contributed by atoms with Gasteiger partial charge in [-0.3, -0.25) is 0 Å². The first-order chi connectivity index (χ1) is 10.0. The van der Waals surface area contributed by atoms with E-state index in [0.29, 0.717) is 11.8 Å². The van der Waals surface area contributed by atoms with Crippen molar-refractivity contribution in [1.29, 1.82) is 0 Å². The molecule has 0 radical (unpaired) electrons. The number of benzene rings is 2. The summed E-state index contributed by atoms with van der Waals surface area (Å²) in [5.74, 6) is 1.04. The van der Waals surface area contributed by atoms with Crippen molar-refractivity contribution in [2.45, 2.75) is 32.6 Å². The Hall–Kier alpha value is -0.980. The summed E-state index contributed by atoms with van der Waals surface area (Å²) in [6.45, 7) is 6.48. The molecule has 0 amide bonds. The highest BCUT2D eigenvalue weighted by Crippen LogP contribution is 2.34. The monoisotopic (exact) mass is 320 g/mol. The van der Waals surface area contributed by atoms with Gasteiger partial charge in [0.2, 0.25) is 0 Å². The largest absolute Gasteiger partial charge is 0.126 e. The second-order valence-corrected chi connectivity index (χ2v) is 6.50. The van der Waals surface area contributed by atoms with E-state index >= 15 is 0 Å². The molecule has 0 saturated carbocycles. The number of rotatable bonds is 5. The summed E-state index contributed by atoms with van der Waals surface area (Å²) in [5.41, 5.74) is 6.32. The highest BCUT2D eigenvalue weighted by molar-refractivity contribution is 6.22. The van der Waals surface area contributed by atoms with E-state index in [1.165, 1.54) is 27.8 Å². The molecular weight excluding hydrogens is 299 g/mol. The van der Waals surface area contributed by atoms with Crippen molar-refractivity contribution < 1.29 is 0 Å². The van der Waals surface area contributed by atoms with E-state index in [1.54, 1.807) is 0 Å². The van der Waals surface area contributed by atoms with Gasteiger partial charge in [0.15, 0.2) is 0 Å². The third kappa shape index (κ3) is 3.44. The zero-order valence-electron chi connectivity index (χ0n) is 12.9. The van der Waals surface area contributed by atoms with Gasteiger partial charge in [0.05, 0.1) is 0 Å². The Bertz CT molecular complexity index is 575. The quantitative estimate of drug-likeness (QED) is 0.632. The lowest BCUT2D eigenvalue weighted by Gasteiger charge is -2.32. The molecule has 0 heterocycles. The van der Waals surface area contributed by atoms with Gasteiger partial charge in [-0.05, 0) is 49.4 Å². The summed E-state index contributed by atoms with van der Waals surface area (Å²) in [4.78, 5) is 0. The van der Waals surface area contributed by atoms with Crippen LogP contribution in [0.3, 0.4) is 0 Å². The topological polar surface area (TPSA) is 0 Å². The van der Waals surface area contributed by atoms with Crippen LogP contribution in [0, 0.1) is 20.8 Å². The lowest BCUT2D eigenvalue weighted by atomic mass is 9.77. The minimum atomic E-state index is -0.213. The van der Waals surface area contributed by atoms with E-state index in [-0.39, 0.29) is 5.41 Å². The molecule has 0 aliphatic carbocycles. The van der Waals surface area contributed by atoms with E-state index in [1.807, 2.05) is 6.07 Å². The number of halogens is 2. The molecule has 0 spiro atoms. The normalized spacial score (nSPS) is 11.7. The summed E-state index contributed by atoms with van der Waals surface area (Å²) < 4.78 is 0. The van der Waals surface area contributed by atoms with Crippen LogP contribution in [0.25, 0.3) is 0 Å². The molecular formula is C19H22Cl2. The molecule has 0 saturated heterocycles. The summed E-state index contributed by atoms with van der Waals surface area (Å²) in [7, 11) is 0. The van der Waals surface area contributed by atoms with Crippen LogP contribution in [-0.4, -0.2) is 11.8 Å². The Morgan fingerprint density at radius 3 is 1.86 bits per heavy atom. The minimum absolute atomic E-state index is 0.213. The molecule has 0 aliphatic rings. The van der Waals surface area contributed by atoms with Gasteiger partial charge in [0.1, 0.15) is 0 Å². The maximum absolute atomic E-state index is 6.36. The van der Waals surface area contributed by atoms with Crippen LogP contribution in [0.4, 0.5) is 0 Å². The Kier molecular flexibility index (Phi) is 5.35. The molecule has 0 bridgehead atoms. The molecule has 2 aromatic rings. The molecule has 0 fully saturated rings. The molecule has 2 aromatic carbocycles. The van der Waals surface area contributed by atoms with Gasteiger partial charge >= 0.3 is 0 Å². The van der Waals surface area contributed by atoms with Crippen molar-refractivity contribution in [3.8, 4) is 0 Å². The van der Waals surface area contributed by atoms with Gasteiger partial charge in [0, 0.05) is 17.2 Å². The van der Waals surface area contributed by atoms with Gasteiger partial charge < -0.3 is 0 Å². The van der Waals surface area contributed by atoms with Gasteiger partial charge in [0.25, 0.3) is 0 Å². The Morgan fingerprint density at radius 1 is 0.857 bits per heavy atom. The molecule has 2 rings (SSSR count). The third-order valence-corrected chi connectivity index (χ3v) is 5.28. The van der Waals surface area contributed by atoms with Crippen LogP contribution in [-0.2, 0) is 11.8 Å². The number of aryl methyl sites for hydroxylation is 3. The maximum atomic E-state index is 6.36. The first kappa shape index (κ1) is 16.4. The number of hydrogen-bond donors (Lipinski definition) is 0. The van der Waals surface area contributed by atoms with Crippen LogP contribution in [0.5, 0.6) is 0 Å². The zero-order chi connectivity index (χ0) is 15.5. The number of hydrogen-bond acceptors (Lipinski definition) is 0. The Labute approximate surface area is 138 Å². The molecule has 0 aliphatic heterocycles. The minimum Gasteiger partial charge on any atom is -0.126 e. The summed E-state index contributed by atoms with van der Waals surface area (Å²) in [6, 6.07) is 14.9. The van der Waals surface area contributed by atoms with Crippen LogP contribution in [0.15, 0.2) is 42.5 Å². The second-order valence-electron chi connectivity index (χ2n) is 5.97. The van der Waals surface area contributed by atoms with Gasteiger partial charge in [-0.1, -0.05) is 48.0 Å². The molecule has 21 heavy (non-hydrogen) atoms. The van der Waals surface area contributed by atoms with Gasteiger partial charge in [-0.25, -0.2) is 0 Å². The van der Waals surface area contributed by atoms with Gasteiger partial charge in [-0.2, -0.15) is 0 Å². The lowest BCUT2D eigenvalue weighted by molar-refractivity contribution is 0.533. The average molecular weight is 321 g/mol. The molecule has 0 atom stereocenters. The van der Waals surface area contributed by atoms with Crippen LogP contribution in [0.2, 0.25) is 0 Å². The fourth-order valence-corrected chi connectivity index (χ4v) is 3.79. The Balaban J connectivity index is 2.47. The predicted molar refractivity (Wildman–Crippen MR) is 93.9 cm³/mol. The maximum Gasteiger partial charge on any atom is 0.0335 e. The van der Waals surface area contributed by atoms with Crippen molar-refractivity contribution in [2.24, 2.45) is 0 Å². The SMILES string of the molecule is Cc1cc(C)c(CC(CCl)(CCl)c2ccccc2)c(C)c1. The van der Waals surface area contributed by atoms with E-state index in [4.69, 9.17) is 23.2 Å². The van der Waals surface area contributed by atoms with Crippen molar-refractivity contribution in [3.05, 3.63) is 70.3 Å². The third-order valence-electron chi connectivity index (χ3n) is 4.25. The van der Waals surface area contributed by atoms with Crippen molar-refractivity contribution in [1.82, 2.24) is 0 Å². The second kappa shape index (κ2) is 6.85. The first-order valence-corrected chi connectivity index (χ1v) is 8.33. The fraction of sp³-hybridized carbons (Fsp3) is 0.368. The van der Waals surface area contributed by atoms with Crippen LogP contribution in [0.1, 0.15) is 27.8 Å². The summed E-state index contributed by atoms with van der Waals surface area (Å²) >= 11 is 12.7. The van der Waals surface area contributed by atoms with Gasteiger partial charge in [-0.15, -0.1) is 23.2 Å². The molecule has 0 nitrogen and oxygen atoms in total. The molecule has 2 heteroatoms. The van der Waals surface area contributed by atoms with Crippen molar-refractivity contribution >= 4 is 23.2 Å². The highest BCUT2D eigenvalue weighted by atomic mass is 35.5. The van der Waals surface area contributed by atoms with E-state index < -0.39 is 0 Å². The molecule has 0 N–H and O–H groups in total. The fourth-order valence-electron chi connectivity index (χ4n) is 3.01. The van der Waals surface area contributed by atoms with E-state index in [0.717, 1.165) is 6.42 Å². The van der Waals surface area contributed by atoms with Crippen LogP contribution < -0.4 is 0 Å². The molecule has 112 valence electrons. The van der Waals surface area contributed by atoms with E-state index in [9.17, 15) is 0 Å². The average Bonchev–Trinajstić information content (AvgIpc) is 2.48. The molecule has 0 aromatic heterocycles. The molecule has 0 unspecified atom stereocenters. The first-order valence-electron chi connectivity index (χ1n) is 7.26. The predicted octanol–water partition coefficient (Wildman–Crippen LogP) is 5.57. The number of alkyl halides is 2. The summed E-state index contributed by atoms with van der Waals surface area (Å²) in [5, 5.41) is 0. The smallest absolute Gasteiger partial charge is 0.0335 e. The van der Waals surface area contributed by atoms with Crippen molar-refractivity contribution in [3.63, 3.8) is 0 Å². The standard InChI is InChI=1S/C19H22Cl2/c1-14-9-15(2)18(16(3)10-14)11-19(12-20,13-21)17-7-5-4-6-8-17/h4-10H,11-13H2,1-3H3. The van der Waals surface area contributed by atoms with Crippen molar-refractivity contribution in [2.75, 3.05) is 11.8 Å². The lowest BCUT2D eigenvalue weighted by Crippen LogP contribution is -2.34. The highest BCUT2D eigenvalue weighted by Gasteiger charge is 2.31. The zero-order valence-corrected chi connectivity index (χ0v) is 14.4. The van der Waals surface area contributed by atoms with E-state index in [2.05, 4.69) is 57.2 Å². The van der Waals surface area contributed by atoms with Crippen LogP contribution >= 0.6 is 23.2 Å². The summed E-state index contributed by atoms with van der Waals surface area (Å²) in [6.07, 6.45) is 0.877. The Morgan fingerprint density at radius 2 is 1.38 bits per heavy atom.